The number of rotatable bonds is 5. The summed E-state index contributed by atoms with van der Waals surface area (Å²) in [4.78, 5) is 1.34. The van der Waals surface area contributed by atoms with Crippen LogP contribution < -0.4 is 0 Å². The number of halogens is 3. The standard InChI is InChI=1S/C19H11F3O2S4/c20-25-13-7-12(8-14(10-13)26-21)19(11-5-6-16(23)18(9-11)27-22)15-3-1-2-4-17(15)28-24-19/h1-10,23H. The molecule has 0 saturated carbocycles. The Morgan fingerprint density at radius 3 is 2.21 bits per heavy atom. The Hall–Kier alpha value is -1.39. The number of fused-ring (bicyclic) bond motifs is 1. The Bertz CT molecular complexity index is 1010. The third-order valence-corrected chi connectivity index (χ3v) is 6.63. The number of hydrogen-bond acceptors (Lipinski definition) is 6. The minimum Gasteiger partial charge on any atom is -0.507 e. The van der Waals surface area contributed by atoms with E-state index in [9.17, 15) is 16.8 Å². The molecule has 9 heteroatoms. The van der Waals surface area contributed by atoms with E-state index in [1.165, 1.54) is 18.2 Å². The average molecular weight is 457 g/mol. The van der Waals surface area contributed by atoms with E-state index < -0.39 is 5.60 Å². The van der Waals surface area contributed by atoms with Gasteiger partial charge in [-0.1, -0.05) is 24.3 Å². The van der Waals surface area contributed by atoms with Crippen LogP contribution in [0.4, 0.5) is 11.7 Å². The molecule has 0 fully saturated rings. The molecule has 0 aromatic heterocycles. The topological polar surface area (TPSA) is 29.5 Å². The van der Waals surface area contributed by atoms with Crippen LogP contribution in [0.2, 0.25) is 0 Å². The molecule has 28 heavy (non-hydrogen) atoms. The zero-order valence-electron chi connectivity index (χ0n) is 13.9. The highest BCUT2D eigenvalue weighted by molar-refractivity contribution is 7.95. The predicted molar refractivity (Wildman–Crippen MR) is 109 cm³/mol. The van der Waals surface area contributed by atoms with Crippen molar-refractivity contribution < 1.29 is 20.9 Å². The highest BCUT2D eigenvalue weighted by Crippen LogP contribution is 2.54. The summed E-state index contributed by atoms with van der Waals surface area (Å²) >= 11 is 1.08. The van der Waals surface area contributed by atoms with Crippen LogP contribution in [-0.2, 0) is 9.78 Å². The number of phenolic OH excluding ortho intramolecular Hbond substituents is 1. The summed E-state index contributed by atoms with van der Waals surface area (Å²) in [5.41, 5.74) is 0.610. The third-order valence-electron chi connectivity index (χ3n) is 4.44. The van der Waals surface area contributed by atoms with Gasteiger partial charge in [-0.25, -0.2) is 0 Å². The largest absolute Gasteiger partial charge is 0.507 e. The maximum absolute atomic E-state index is 13.4. The molecule has 1 aliphatic heterocycles. The van der Waals surface area contributed by atoms with E-state index >= 15 is 0 Å². The summed E-state index contributed by atoms with van der Waals surface area (Å²) in [6.07, 6.45) is 0. The van der Waals surface area contributed by atoms with Gasteiger partial charge in [0, 0.05) is 32.3 Å². The first-order chi connectivity index (χ1) is 13.6. The van der Waals surface area contributed by atoms with Gasteiger partial charge >= 0.3 is 0 Å². The van der Waals surface area contributed by atoms with E-state index in [0.29, 0.717) is 11.1 Å². The van der Waals surface area contributed by atoms with Crippen molar-refractivity contribution in [3.8, 4) is 5.75 Å². The molecule has 1 N–H and O–H groups in total. The molecule has 0 amide bonds. The van der Waals surface area contributed by atoms with Gasteiger partial charge in [0.25, 0.3) is 0 Å². The summed E-state index contributed by atoms with van der Waals surface area (Å²) in [5, 5.41) is 9.88. The molecule has 0 radical (unpaired) electrons. The second-order valence-electron chi connectivity index (χ2n) is 5.95. The van der Waals surface area contributed by atoms with E-state index in [1.807, 2.05) is 24.3 Å². The second-order valence-corrected chi connectivity index (χ2v) is 8.57. The molecule has 1 heterocycles. The lowest BCUT2D eigenvalue weighted by molar-refractivity contribution is 0.203. The minimum atomic E-state index is -1.21. The fourth-order valence-corrected chi connectivity index (χ4v) is 5.23. The Balaban J connectivity index is 2.02. The maximum atomic E-state index is 13.4. The summed E-state index contributed by atoms with van der Waals surface area (Å²) < 4.78 is 46.2. The van der Waals surface area contributed by atoms with Gasteiger partial charge < -0.3 is 5.11 Å². The molecule has 1 aliphatic rings. The molecule has 1 unspecified atom stereocenters. The lowest BCUT2D eigenvalue weighted by Gasteiger charge is -2.30. The highest BCUT2D eigenvalue weighted by atomic mass is 32.2. The molecule has 3 aromatic rings. The van der Waals surface area contributed by atoms with Crippen LogP contribution in [0.3, 0.4) is 0 Å². The molecule has 0 spiro atoms. The quantitative estimate of drug-likeness (QED) is 0.397. The average Bonchev–Trinajstić information content (AvgIpc) is 3.14. The predicted octanol–water partition coefficient (Wildman–Crippen LogP) is 7.65. The number of aromatic hydroxyl groups is 1. The molecule has 0 saturated heterocycles. The second kappa shape index (κ2) is 8.16. The van der Waals surface area contributed by atoms with Gasteiger partial charge in [-0.2, -0.15) is 11.7 Å². The van der Waals surface area contributed by atoms with Gasteiger partial charge in [0.05, 0.1) is 41.3 Å². The molecular weight excluding hydrogens is 445 g/mol. The molecule has 1 atom stereocenters. The first-order valence-corrected chi connectivity index (χ1v) is 10.8. The fraction of sp³-hybridized carbons (Fsp3) is 0.0526. The Kier molecular flexibility index (Phi) is 5.80. The SMILES string of the molecule is Oc1ccc(C2(c3cc(SF)cc(SF)c3)OSc3ccccc32)cc1SF. The normalized spacial score (nSPS) is 18.2. The van der Waals surface area contributed by atoms with Crippen LogP contribution in [0.5, 0.6) is 5.75 Å². The zero-order valence-corrected chi connectivity index (χ0v) is 17.2. The van der Waals surface area contributed by atoms with E-state index in [1.54, 1.807) is 18.2 Å². The summed E-state index contributed by atoms with van der Waals surface area (Å²) in [6.45, 7) is 0. The summed E-state index contributed by atoms with van der Waals surface area (Å²) in [5.74, 6) is -0.196. The molecule has 144 valence electrons. The fourth-order valence-electron chi connectivity index (χ4n) is 3.22. The van der Waals surface area contributed by atoms with Gasteiger partial charge in [-0.05, 0) is 47.5 Å². The zero-order chi connectivity index (χ0) is 19.7. The van der Waals surface area contributed by atoms with E-state index in [4.69, 9.17) is 4.18 Å². The van der Waals surface area contributed by atoms with Crippen LogP contribution in [0.25, 0.3) is 0 Å². The van der Waals surface area contributed by atoms with E-state index in [2.05, 4.69) is 0 Å². The first kappa shape index (κ1) is 19.9. The van der Waals surface area contributed by atoms with Crippen molar-refractivity contribution in [2.24, 2.45) is 0 Å². The Morgan fingerprint density at radius 1 is 0.821 bits per heavy atom. The van der Waals surface area contributed by atoms with Crippen molar-refractivity contribution in [1.29, 1.82) is 0 Å². The molecular formula is C19H11F3O2S4. The highest BCUT2D eigenvalue weighted by Gasteiger charge is 2.45. The Labute approximate surface area is 177 Å². The van der Waals surface area contributed by atoms with Crippen LogP contribution in [0.15, 0.2) is 80.2 Å². The molecule has 2 nitrogen and oxygen atoms in total. The van der Waals surface area contributed by atoms with Crippen molar-refractivity contribution >= 4 is 48.5 Å². The molecule has 0 bridgehead atoms. The van der Waals surface area contributed by atoms with Crippen LogP contribution in [-0.4, -0.2) is 5.11 Å². The van der Waals surface area contributed by atoms with Gasteiger partial charge in [0.1, 0.15) is 5.75 Å². The number of hydrogen-bond donors (Lipinski definition) is 1. The van der Waals surface area contributed by atoms with Gasteiger partial charge in [0.2, 0.25) is 0 Å². The molecule has 0 aliphatic carbocycles. The van der Waals surface area contributed by atoms with Gasteiger partial charge in [0.15, 0.2) is 5.60 Å². The van der Waals surface area contributed by atoms with Gasteiger partial charge in [-0.3, -0.25) is 4.18 Å². The lowest BCUT2D eigenvalue weighted by Crippen LogP contribution is -2.28. The number of phenols is 1. The van der Waals surface area contributed by atoms with Crippen LogP contribution >= 0.6 is 48.5 Å². The Morgan fingerprint density at radius 2 is 1.54 bits per heavy atom. The molecule has 3 aromatic carbocycles. The summed E-state index contributed by atoms with van der Waals surface area (Å²) in [6, 6.07) is 16.5. The van der Waals surface area contributed by atoms with Crippen LogP contribution in [0.1, 0.15) is 16.7 Å². The van der Waals surface area contributed by atoms with E-state index in [-0.39, 0.29) is 56.9 Å². The summed E-state index contributed by atoms with van der Waals surface area (Å²) in [7, 11) is 0. The van der Waals surface area contributed by atoms with Crippen molar-refractivity contribution in [3.05, 3.63) is 77.4 Å². The van der Waals surface area contributed by atoms with Crippen molar-refractivity contribution in [2.45, 2.75) is 25.2 Å². The lowest BCUT2D eigenvalue weighted by atomic mass is 9.80. The minimum absolute atomic E-state index is 0.0101. The first-order valence-electron chi connectivity index (χ1n) is 7.92. The van der Waals surface area contributed by atoms with E-state index in [0.717, 1.165) is 22.5 Å². The number of benzene rings is 3. The van der Waals surface area contributed by atoms with Crippen molar-refractivity contribution in [2.75, 3.05) is 0 Å². The monoisotopic (exact) mass is 456 g/mol. The van der Waals surface area contributed by atoms with Crippen LogP contribution in [0, 0.1) is 0 Å². The third kappa shape index (κ3) is 3.29. The van der Waals surface area contributed by atoms with Crippen molar-refractivity contribution in [1.82, 2.24) is 0 Å². The van der Waals surface area contributed by atoms with Gasteiger partial charge in [-0.15, -0.1) is 0 Å². The smallest absolute Gasteiger partial charge is 0.160 e. The molecule has 4 rings (SSSR count). The van der Waals surface area contributed by atoms with Crippen molar-refractivity contribution in [3.63, 3.8) is 0 Å². The maximum Gasteiger partial charge on any atom is 0.160 e.